The van der Waals surface area contributed by atoms with Crippen LogP contribution in [0.15, 0.2) is 18.2 Å². The number of benzene rings is 1. The zero-order valence-electron chi connectivity index (χ0n) is 9.97. The van der Waals surface area contributed by atoms with Crippen molar-refractivity contribution in [1.29, 1.82) is 0 Å². The molecule has 0 bridgehead atoms. The van der Waals surface area contributed by atoms with E-state index in [2.05, 4.69) is 9.97 Å². The zero-order valence-corrected chi connectivity index (χ0v) is 12.2. The predicted molar refractivity (Wildman–Crippen MR) is 76.6 cm³/mol. The monoisotopic (exact) mass is 300 g/mol. The topological polar surface area (TPSA) is 25.8 Å². The van der Waals surface area contributed by atoms with Gasteiger partial charge in [0.15, 0.2) is 5.82 Å². The molecule has 0 radical (unpaired) electrons. The van der Waals surface area contributed by atoms with Gasteiger partial charge in [-0.1, -0.05) is 41.7 Å². The minimum absolute atomic E-state index is 0.469. The molecule has 0 saturated heterocycles. The number of hydrogen-bond donors (Lipinski definition) is 0. The molecule has 1 aromatic carbocycles. The molecule has 2 aromatic rings. The van der Waals surface area contributed by atoms with Gasteiger partial charge in [0, 0.05) is 21.8 Å². The Labute approximate surface area is 121 Å². The normalized spacial score (nSPS) is 10.7. The largest absolute Gasteiger partial charge is 0.233 e. The Kier molecular flexibility index (Phi) is 4.10. The first-order valence-corrected chi connectivity index (χ1v) is 6.64. The van der Waals surface area contributed by atoms with Gasteiger partial charge in [-0.05, 0) is 31.5 Å². The summed E-state index contributed by atoms with van der Waals surface area (Å²) in [5, 5.41) is 1.61. The van der Waals surface area contributed by atoms with Gasteiger partial charge in [0.05, 0.1) is 5.02 Å². The van der Waals surface area contributed by atoms with E-state index in [1.165, 1.54) is 0 Å². The minimum Gasteiger partial charge on any atom is -0.233 e. The van der Waals surface area contributed by atoms with Gasteiger partial charge in [-0.3, -0.25) is 0 Å². The fraction of sp³-hybridized carbons (Fsp3) is 0.231. The lowest BCUT2D eigenvalue weighted by molar-refractivity contribution is 1.00. The molecule has 1 heterocycles. The molecule has 0 N–H and O–H groups in total. The van der Waals surface area contributed by atoms with Crippen LogP contribution in [0.2, 0.25) is 15.2 Å². The molecule has 0 fully saturated rings. The summed E-state index contributed by atoms with van der Waals surface area (Å²) in [4.78, 5) is 8.73. The van der Waals surface area contributed by atoms with Crippen LogP contribution in [0.5, 0.6) is 0 Å². The Balaban J connectivity index is 2.61. The van der Waals surface area contributed by atoms with Gasteiger partial charge in [-0.2, -0.15) is 0 Å². The Hall–Kier alpha value is -0.830. The van der Waals surface area contributed by atoms with Crippen LogP contribution in [0, 0.1) is 6.92 Å². The summed E-state index contributed by atoms with van der Waals surface area (Å²) in [6.45, 7) is 3.93. The van der Waals surface area contributed by atoms with E-state index in [4.69, 9.17) is 34.8 Å². The molecule has 0 atom stereocenters. The van der Waals surface area contributed by atoms with Crippen molar-refractivity contribution < 1.29 is 0 Å². The second-order valence-electron chi connectivity index (χ2n) is 3.88. The highest BCUT2D eigenvalue weighted by atomic mass is 35.5. The molecule has 0 aliphatic carbocycles. The standard InChI is InChI=1S/C13H11Cl3N2/c1-3-9-7(2)17-13(18-12(9)16)10-6-8(14)4-5-11(10)15/h4-6H,3H2,1-2H3. The maximum Gasteiger partial charge on any atom is 0.162 e. The summed E-state index contributed by atoms with van der Waals surface area (Å²) in [7, 11) is 0. The van der Waals surface area contributed by atoms with Gasteiger partial charge < -0.3 is 0 Å². The SMILES string of the molecule is CCc1c(C)nc(-c2cc(Cl)ccc2Cl)nc1Cl. The number of aromatic nitrogens is 2. The van der Waals surface area contributed by atoms with E-state index in [1.807, 2.05) is 13.8 Å². The fourth-order valence-corrected chi connectivity index (χ4v) is 2.48. The van der Waals surface area contributed by atoms with E-state index in [1.54, 1.807) is 18.2 Å². The van der Waals surface area contributed by atoms with Gasteiger partial charge >= 0.3 is 0 Å². The molecule has 5 heteroatoms. The van der Waals surface area contributed by atoms with Crippen molar-refractivity contribution in [3.63, 3.8) is 0 Å². The lowest BCUT2D eigenvalue weighted by Gasteiger charge is -2.09. The number of halogens is 3. The van der Waals surface area contributed by atoms with Crippen LogP contribution < -0.4 is 0 Å². The third-order valence-electron chi connectivity index (χ3n) is 2.69. The molecule has 0 spiro atoms. The average molecular weight is 302 g/mol. The lowest BCUT2D eigenvalue weighted by Crippen LogP contribution is -1.99. The van der Waals surface area contributed by atoms with Crippen LogP contribution in [0.25, 0.3) is 11.4 Å². The molecule has 1 aromatic heterocycles. The van der Waals surface area contributed by atoms with Crippen molar-refractivity contribution in [3.8, 4) is 11.4 Å². The van der Waals surface area contributed by atoms with E-state index < -0.39 is 0 Å². The van der Waals surface area contributed by atoms with Gasteiger partial charge in [-0.25, -0.2) is 9.97 Å². The maximum absolute atomic E-state index is 6.15. The summed E-state index contributed by atoms with van der Waals surface area (Å²) in [6, 6.07) is 5.18. The Morgan fingerprint density at radius 1 is 1.11 bits per heavy atom. The van der Waals surface area contributed by atoms with Gasteiger partial charge in [-0.15, -0.1) is 0 Å². The Bertz CT molecular complexity index is 574. The lowest BCUT2D eigenvalue weighted by atomic mass is 10.1. The first kappa shape index (κ1) is 13.6. The maximum atomic E-state index is 6.15. The second kappa shape index (κ2) is 5.43. The molecule has 0 amide bonds. The quantitative estimate of drug-likeness (QED) is 0.731. The van der Waals surface area contributed by atoms with Crippen LogP contribution >= 0.6 is 34.8 Å². The minimum atomic E-state index is 0.469. The highest BCUT2D eigenvalue weighted by Crippen LogP contribution is 2.30. The average Bonchev–Trinajstić information content (AvgIpc) is 2.32. The molecule has 0 aliphatic rings. The first-order valence-electron chi connectivity index (χ1n) is 5.51. The Morgan fingerprint density at radius 3 is 2.44 bits per heavy atom. The van der Waals surface area contributed by atoms with Crippen LogP contribution in [-0.4, -0.2) is 9.97 Å². The van der Waals surface area contributed by atoms with E-state index in [-0.39, 0.29) is 0 Å². The van der Waals surface area contributed by atoms with E-state index in [9.17, 15) is 0 Å². The molecular formula is C13H11Cl3N2. The number of aryl methyl sites for hydroxylation is 1. The van der Waals surface area contributed by atoms with Crippen molar-refractivity contribution in [2.75, 3.05) is 0 Å². The van der Waals surface area contributed by atoms with E-state index in [0.717, 1.165) is 17.7 Å². The number of hydrogen-bond acceptors (Lipinski definition) is 2. The van der Waals surface area contributed by atoms with Crippen molar-refractivity contribution in [1.82, 2.24) is 9.97 Å². The molecule has 0 aliphatic heterocycles. The summed E-state index contributed by atoms with van der Waals surface area (Å²) in [5.41, 5.74) is 2.51. The van der Waals surface area contributed by atoms with Gasteiger partial charge in [0.25, 0.3) is 0 Å². The van der Waals surface area contributed by atoms with Crippen molar-refractivity contribution in [2.24, 2.45) is 0 Å². The van der Waals surface area contributed by atoms with Gasteiger partial charge in [0.1, 0.15) is 5.15 Å². The molecule has 0 saturated carbocycles. The van der Waals surface area contributed by atoms with E-state index >= 15 is 0 Å². The third-order valence-corrected chi connectivity index (χ3v) is 3.56. The van der Waals surface area contributed by atoms with Gasteiger partial charge in [0.2, 0.25) is 0 Å². The van der Waals surface area contributed by atoms with Crippen LogP contribution in [-0.2, 0) is 6.42 Å². The smallest absolute Gasteiger partial charge is 0.162 e. The van der Waals surface area contributed by atoms with Crippen molar-refractivity contribution in [3.05, 3.63) is 44.7 Å². The Morgan fingerprint density at radius 2 is 1.83 bits per heavy atom. The van der Waals surface area contributed by atoms with E-state index in [0.29, 0.717) is 26.6 Å². The molecule has 0 unspecified atom stereocenters. The predicted octanol–water partition coefficient (Wildman–Crippen LogP) is 4.97. The summed E-state index contributed by atoms with van der Waals surface area (Å²) < 4.78 is 0. The summed E-state index contributed by atoms with van der Waals surface area (Å²) >= 11 is 18.2. The summed E-state index contributed by atoms with van der Waals surface area (Å²) in [5.74, 6) is 0.502. The third kappa shape index (κ3) is 2.61. The highest BCUT2D eigenvalue weighted by Gasteiger charge is 2.12. The summed E-state index contributed by atoms with van der Waals surface area (Å²) in [6.07, 6.45) is 0.800. The van der Waals surface area contributed by atoms with Crippen LogP contribution in [0.4, 0.5) is 0 Å². The second-order valence-corrected chi connectivity index (χ2v) is 5.08. The van der Waals surface area contributed by atoms with Crippen LogP contribution in [0.3, 0.4) is 0 Å². The molecule has 18 heavy (non-hydrogen) atoms. The fourth-order valence-electron chi connectivity index (χ4n) is 1.75. The zero-order chi connectivity index (χ0) is 13.3. The first-order chi connectivity index (χ1) is 8.52. The molecule has 2 nitrogen and oxygen atoms in total. The molecule has 94 valence electrons. The van der Waals surface area contributed by atoms with Crippen LogP contribution in [0.1, 0.15) is 18.2 Å². The number of nitrogens with zero attached hydrogens (tertiary/aromatic N) is 2. The van der Waals surface area contributed by atoms with Crippen molar-refractivity contribution >= 4 is 34.8 Å². The highest BCUT2D eigenvalue weighted by molar-refractivity contribution is 6.35. The molecular weight excluding hydrogens is 291 g/mol. The van der Waals surface area contributed by atoms with Crippen molar-refractivity contribution in [2.45, 2.75) is 20.3 Å². The number of rotatable bonds is 2. The molecule has 2 rings (SSSR count).